The highest BCUT2D eigenvalue weighted by Crippen LogP contribution is 2.24. The van der Waals surface area contributed by atoms with Gasteiger partial charge in [0.1, 0.15) is 0 Å². The van der Waals surface area contributed by atoms with Gasteiger partial charge in [-0.3, -0.25) is 4.79 Å². The molecular formula is C13H14Br2INO. The van der Waals surface area contributed by atoms with Crippen LogP contribution in [-0.4, -0.2) is 29.2 Å². The zero-order chi connectivity index (χ0) is 13.1. The number of benzene rings is 1. The van der Waals surface area contributed by atoms with Gasteiger partial charge in [0, 0.05) is 26.5 Å². The molecule has 2 rings (SSSR count). The summed E-state index contributed by atoms with van der Waals surface area (Å²) in [4.78, 5) is 14.5. The molecule has 1 aliphatic heterocycles. The number of nitrogens with zero attached hydrogens (tertiary/aromatic N) is 1. The van der Waals surface area contributed by atoms with Crippen LogP contribution in [0.4, 0.5) is 0 Å². The van der Waals surface area contributed by atoms with Crippen LogP contribution in [0.1, 0.15) is 23.2 Å². The molecule has 0 bridgehead atoms. The lowest BCUT2D eigenvalue weighted by molar-refractivity contribution is 0.0685. The monoisotopic (exact) mass is 485 g/mol. The Morgan fingerprint density at radius 3 is 3.00 bits per heavy atom. The van der Waals surface area contributed by atoms with E-state index in [0.29, 0.717) is 5.92 Å². The minimum atomic E-state index is 0.159. The summed E-state index contributed by atoms with van der Waals surface area (Å²) >= 11 is 9.18. The van der Waals surface area contributed by atoms with Crippen LogP contribution in [0.25, 0.3) is 0 Å². The first-order valence-corrected chi connectivity index (χ1v) is 8.91. The van der Waals surface area contributed by atoms with Gasteiger partial charge in [0.05, 0.1) is 5.56 Å². The minimum Gasteiger partial charge on any atom is -0.338 e. The predicted molar refractivity (Wildman–Crippen MR) is 89.3 cm³/mol. The summed E-state index contributed by atoms with van der Waals surface area (Å²) in [5.74, 6) is 0.749. The van der Waals surface area contributed by atoms with Gasteiger partial charge in [-0.15, -0.1) is 0 Å². The van der Waals surface area contributed by atoms with Gasteiger partial charge in [-0.2, -0.15) is 0 Å². The number of alkyl halides is 1. The van der Waals surface area contributed by atoms with Crippen LogP contribution in [0.2, 0.25) is 0 Å². The molecule has 1 saturated heterocycles. The number of carbonyl (C=O) groups excluding carboxylic acids is 1. The van der Waals surface area contributed by atoms with Crippen LogP contribution in [0.15, 0.2) is 22.7 Å². The number of amides is 1. The third kappa shape index (κ3) is 3.48. The first-order valence-electron chi connectivity index (χ1n) is 5.92. The number of carbonyl (C=O) groups is 1. The van der Waals surface area contributed by atoms with Crippen molar-refractivity contribution < 1.29 is 4.79 Å². The molecule has 98 valence electrons. The SMILES string of the molecule is O=C(c1cc(Br)ccc1I)N1CCCC(CBr)C1. The lowest BCUT2D eigenvalue weighted by atomic mass is 9.99. The third-order valence-electron chi connectivity index (χ3n) is 3.18. The third-order valence-corrected chi connectivity index (χ3v) is 5.53. The van der Waals surface area contributed by atoms with Gasteiger partial charge in [-0.25, -0.2) is 0 Å². The first-order chi connectivity index (χ1) is 8.61. The number of hydrogen-bond acceptors (Lipinski definition) is 1. The van der Waals surface area contributed by atoms with Gasteiger partial charge in [0.2, 0.25) is 0 Å². The van der Waals surface area contributed by atoms with Gasteiger partial charge in [0.15, 0.2) is 0 Å². The van der Waals surface area contributed by atoms with E-state index in [-0.39, 0.29) is 5.91 Å². The second kappa shape index (κ2) is 6.70. The largest absolute Gasteiger partial charge is 0.338 e. The smallest absolute Gasteiger partial charge is 0.254 e. The van der Waals surface area contributed by atoms with Gasteiger partial charge in [0.25, 0.3) is 5.91 Å². The maximum atomic E-state index is 12.5. The Morgan fingerprint density at radius 2 is 2.28 bits per heavy atom. The van der Waals surface area contributed by atoms with Crippen LogP contribution in [-0.2, 0) is 0 Å². The van der Waals surface area contributed by atoms with Crippen LogP contribution in [0.5, 0.6) is 0 Å². The lowest BCUT2D eigenvalue weighted by Gasteiger charge is -2.32. The van der Waals surface area contributed by atoms with Gasteiger partial charge in [-0.1, -0.05) is 31.9 Å². The molecule has 0 aromatic heterocycles. The highest BCUT2D eigenvalue weighted by Gasteiger charge is 2.24. The van der Waals surface area contributed by atoms with E-state index in [4.69, 9.17) is 0 Å². The second-order valence-electron chi connectivity index (χ2n) is 4.54. The van der Waals surface area contributed by atoms with Crippen LogP contribution < -0.4 is 0 Å². The molecule has 0 spiro atoms. The molecule has 1 amide bonds. The second-order valence-corrected chi connectivity index (χ2v) is 7.26. The summed E-state index contributed by atoms with van der Waals surface area (Å²) in [5, 5.41) is 0.979. The average Bonchev–Trinajstić information content (AvgIpc) is 2.41. The molecular weight excluding hydrogens is 473 g/mol. The van der Waals surface area contributed by atoms with Gasteiger partial charge >= 0.3 is 0 Å². The fourth-order valence-corrected chi connectivity index (χ4v) is 3.66. The number of hydrogen-bond donors (Lipinski definition) is 0. The Labute approximate surface area is 138 Å². The van der Waals surface area contributed by atoms with E-state index in [1.165, 1.54) is 6.42 Å². The molecule has 1 fully saturated rings. The Kier molecular flexibility index (Phi) is 5.50. The fourth-order valence-electron chi connectivity index (χ4n) is 2.21. The maximum Gasteiger partial charge on any atom is 0.254 e. The topological polar surface area (TPSA) is 20.3 Å². The standard InChI is InChI=1S/C13H14Br2INO/c14-7-9-2-1-5-17(8-9)13(18)11-6-10(15)3-4-12(11)16/h3-4,6,9H,1-2,5,7-8H2. The molecule has 0 saturated carbocycles. The van der Waals surface area contributed by atoms with Crippen LogP contribution in [0, 0.1) is 9.49 Å². The number of piperidine rings is 1. The molecule has 0 aliphatic carbocycles. The quantitative estimate of drug-likeness (QED) is 0.451. The van der Waals surface area contributed by atoms with Crippen molar-refractivity contribution in [1.29, 1.82) is 0 Å². The Bertz CT molecular complexity index is 453. The van der Waals surface area contributed by atoms with Crippen LogP contribution >= 0.6 is 54.5 Å². The molecule has 1 aromatic rings. The lowest BCUT2D eigenvalue weighted by Crippen LogP contribution is -2.40. The van der Waals surface area contributed by atoms with E-state index in [1.54, 1.807) is 0 Å². The van der Waals surface area contributed by atoms with E-state index in [0.717, 1.165) is 38.4 Å². The van der Waals surface area contributed by atoms with Crippen molar-refractivity contribution in [3.63, 3.8) is 0 Å². The van der Waals surface area contributed by atoms with E-state index < -0.39 is 0 Å². The molecule has 1 atom stereocenters. The van der Waals surface area contributed by atoms with Crippen molar-refractivity contribution in [3.8, 4) is 0 Å². The molecule has 1 aliphatic rings. The Balaban J connectivity index is 2.17. The van der Waals surface area contributed by atoms with Crippen molar-refractivity contribution in [2.75, 3.05) is 18.4 Å². The van der Waals surface area contributed by atoms with E-state index in [2.05, 4.69) is 54.5 Å². The van der Waals surface area contributed by atoms with Crippen molar-refractivity contribution in [2.45, 2.75) is 12.8 Å². The van der Waals surface area contributed by atoms with E-state index in [1.807, 2.05) is 23.1 Å². The first kappa shape index (κ1) is 14.8. The molecule has 2 nitrogen and oxygen atoms in total. The summed E-state index contributed by atoms with van der Waals surface area (Å²) < 4.78 is 1.97. The number of rotatable bonds is 2. The van der Waals surface area contributed by atoms with Gasteiger partial charge < -0.3 is 4.90 Å². The highest BCUT2D eigenvalue weighted by molar-refractivity contribution is 14.1. The van der Waals surface area contributed by atoms with E-state index >= 15 is 0 Å². The molecule has 5 heteroatoms. The normalized spacial score (nSPS) is 19.9. The number of halogens is 3. The molecule has 0 radical (unpaired) electrons. The van der Waals surface area contributed by atoms with Crippen molar-refractivity contribution >= 4 is 60.4 Å². The zero-order valence-electron chi connectivity index (χ0n) is 9.83. The van der Waals surface area contributed by atoms with Gasteiger partial charge in [-0.05, 0) is 59.5 Å². The molecule has 18 heavy (non-hydrogen) atoms. The molecule has 0 N–H and O–H groups in total. The summed E-state index contributed by atoms with van der Waals surface area (Å²) in [7, 11) is 0. The molecule has 1 aromatic carbocycles. The summed E-state index contributed by atoms with van der Waals surface area (Å²) in [6.07, 6.45) is 2.32. The summed E-state index contributed by atoms with van der Waals surface area (Å²) in [5.41, 5.74) is 0.806. The fraction of sp³-hybridized carbons (Fsp3) is 0.462. The zero-order valence-corrected chi connectivity index (χ0v) is 15.2. The summed E-state index contributed by atoms with van der Waals surface area (Å²) in [6.45, 7) is 1.75. The number of likely N-dealkylation sites (tertiary alicyclic amines) is 1. The maximum absolute atomic E-state index is 12.5. The summed E-state index contributed by atoms with van der Waals surface area (Å²) in [6, 6.07) is 5.86. The average molecular weight is 487 g/mol. The van der Waals surface area contributed by atoms with E-state index in [9.17, 15) is 4.79 Å². The minimum absolute atomic E-state index is 0.159. The molecule has 1 heterocycles. The highest BCUT2D eigenvalue weighted by atomic mass is 127. The van der Waals surface area contributed by atoms with Crippen molar-refractivity contribution in [3.05, 3.63) is 31.8 Å². The Hall–Kier alpha value is 0.380. The Morgan fingerprint density at radius 1 is 1.50 bits per heavy atom. The van der Waals surface area contributed by atoms with Crippen LogP contribution in [0.3, 0.4) is 0 Å². The van der Waals surface area contributed by atoms with Crippen molar-refractivity contribution in [1.82, 2.24) is 4.90 Å². The predicted octanol–water partition coefficient (Wildman–Crippen LogP) is 4.30. The van der Waals surface area contributed by atoms with Crippen molar-refractivity contribution in [2.24, 2.45) is 5.92 Å². The molecule has 1 unspecified atom stereocenters.